The molecule has 1 saturated carbocycles. The number of hydrogen-bond acceptors (Lipinski definition) is 5. The highest BCUT2D eigenvalue weighted by Gasteiger charge is 2.37. The summed E-state index contributed by atoms with van der Waals surface area (Å²) >= 11 is 0. The second kappa shape index (κ2) is 5.18. The minimum atomic E-state index is -3.55. The van der Waals surface area contributed by atoms with Crippen LogP contribution in [0.25, 0.3) is 0 Å². The first-order valence-electron chi connectivity index (χ1n) is 5.97. The van der Waals surface area contributed by atoms with Gasteiger partial charge >= 0.3 is 0 Å². The molecule has 0 radical (unpaired) electrons. The van der Waals surface area contributed by atoms with E-state index in [9.17, 15) is 13.2 Å². The van der Waals surface area contributed by atoms with E-state index < -0.39 is 27.2 Å². The molecule has 0 spiro atoms. The Labute approximate surface area is 111 Å². The molecule has 6 nitrogen and oxygen atoms in total. The van der Waals surface area contributed by atoms with Crippen LogP contribution in [0.2, 0.25) is 0 Å². The summed E-state index contributed by atoms with van der Waals surface area (Å²) in [7, 11) is -3.55. The van der Waals surface area contributed by atoms with Crippen LogP contribution < -0.4 is 10.5 Å². The number of phenols is 1. The molecule has 1 amide bonds. The van der Waals surface area contributed by atoms with E-state index in [1.54, 1.807) is 12.1 Å². The largest absolute Gasteiger partial charge is 0.508 e. The smallest absolute Gasteiger partial charge is 0.250 e. The molecule has 7 heteroatoms. The molecule has 0 aromatic heterocycles. The van der Waals surface area contributed by atoms with Crippen molar-refractivity contribution in [3.63, 3.8) is 0 Å². The van der Waals surface area contributed by atoms with Crippen LogP contribution in [0, 0.1) is 0 Å². The third-order valence-corrected chi connectivity index (χ3v) is 4.77. The predicted molar refractivity (Wildman–Crippen MR) is 69.9 cm³/mol. The van der Waals surface area contributed by atoms with Crippen molar-refractivity contribution in [2.24, 2.45) is 5.73 Å². The first-order valence-corrected chi connectivity index (χ1v) is 7.52. The fraction of sp³-hybridized carbons (Fsp3) is 0.417. The van der Waals surface area contributed by atoms with Crippen LogP contribution in [0.3, 0.4) is 0 Å². The van der Waals surface area contributed by atoms with Crippen molar-refractivity contribution >= 4 is 15.9 Å². The number of nitrogens with two attached hydrogens (primary N) is 1. The summed E-state index contributed by atoms with van der Waals surface area (Å²) in [5, 5.41) is 8.68. The molecule has 0 bridgehead atoms. The molecule has 0 aliphatic heterocycles. The topological polar surface area (TPSA) is 109 Å². The second-order valence-electron chi connectivity index (χ2n) is 4.69. The first-order chi connectivity index (χ1) is 8.88. The van der Waals surface area contributed by atoms with Gasteiger partial charge in [0.05, 0.1) is 11.3 Å². The lowest BCUT2D eigenvalue weighted by atomic mass is 10.1. The van der Waals surface area contributed by atoms with Gasteiger partial charge in [0.2, 0.25) is 10.0 Å². The Morgan fingerprint density at radius 1 is 1.37 bits per heavy atom. The van der Waals surface area contributed by atoms with Gasteiger partial charge in [-0.3, -0.25) is 9.52 Å². The summed E-state index contributed by atoms with van der Waals surface area (Å²) in [6, 6.07) is 5.32. The van der Waals surface area contributed by atoms with Crippen LogP contribution >= 0.6 is 0 Å². The molecular formula is C12H16N2O4S. The van der Waals surface area contributed by atoms with Crippen molar-refractivity contribution in [2.75, 3.05) is 0 Å². The quantitative estimate of drug-likeness (QED) is 0.698. The van der Waals surface area contributed by atoms with E-state index in [0.29, 0.717) is 12.8 Å². The number of phenolic OH excluding ortho intramolecular Hbond substituents is 1. The molecule has 19 heavy (non-hydrogen) atoms. The Bertz CT molecular complexity index is 564. The highest BCUT2D eigenvalue weighted by atomic mass is 32.2. The van der Waals surface area contributed by atoms with Gasteiger partial charge in [-0.05, 0) is 37.0 Å². The van der Waals surface area contributed by atoms with Gasteiger partial charge in [-0.2, -0.15) is 0 Å². The zero-order chi connectivity index (χ0) is 14.0. The molecule has 1 aromatic rings. The van der Waals surface area contributed by atoms with Crippen molar-refractivity contribution in [3.8, 4) is 5.75 Å². The van der Waals surface area contributed by atoms with Crippen LogP contribution in [-0.2, 0) is 21.2 Å². The molecule has 1 fully saturated rings. The monoisotopic (exact) mass is 284 g/mol. The van der Waals surface area contributed by atoms with Crippen LogP contribution in [0.4, 0.5) is 0 Å². The van der Waals surface area contributed by atoms with Crippen molar-refractivity contribution in [3.05, 3.63) is 29.8 Å². The molecule has 0 saturated heterocycles. The van der Waals surface area contributed by atoms with E-state index in [1.807, 2.05) is 4.72 Å². The Morgan fingerprint density at radius 3 is 2.47 bits per heavy atom. The maximum absolute atomic E-state index is 11.7. The van der Waals surface area contributed by atoms with Crippen molar-refractivity contribution in [2.45, 2.75) is 30.6 Å². The maximum atomic E-state index is 11.7. The Hall–Kier alpha value is -1.60. The van der Waals surface area contributed by atoms with Crippen molar-refractivity contribution < 1.29 is 18.3 Å². The third-order valence-electron chi connectivity index (χ3n) is 2.93. The van der Waals surface area contributed by atoms with Gasteiger partial charge in [0.15, 0.2) is 0 Å². The van der Waals surface area contributed by atoms with E-state index in [0.717, 1.165) is 5.56 Å². The van der Waals surface area contributed by atoms with Crippen molar-refractivity contribution in [1.82, 2.24) is 4.72 Å². The number of rotatable bonds is 5. The molecule has 2 rings (SSSR count). The lowest BCUT2D eigenvalue weighted by molar-refractivity contribution is -0.120. The Balaban J connectivity index is 1.94. The second-order valence-corrected chi connectivity index (χ2v) is 6.65. The number of aromatic hydroxyl groups is 1. The number of sulfonamides is 1. The molecule has 0 heterocycles. The summed E-state index contributed by atoms with van der Waals surface area (Å²) in [6.07, 6.45) is 1.40. The summed E-state index contributed by atoms with van der Waals surface area (Å²) < 4.78 is 25.2. The minimum Gasteiger partial charge on any atom is -0.508 e. The zero-order valence-electron chi connectivity index (χ0n) is 10.2. The van der Waals surface area contributed by atoms with Gasteiger partial charge in [-0.15, -0.1) is 0 Å². The Morgan fingerprint density at radius 2 is 1.95 bits per heavy atom. The highest BCUT2D eigenvalue weighted by Crippen LogP contribution is 2.27. The van der Waals surface area contributed by atoms with Crippen molar-refractivity contribution in [1.29, 1.82) is 0 Å². The van der Waals surface area contributed by atoms with Crippen LogP contribution in [0.5, 0.6) is 5.75 Å². The van der Waals surface area contributed by atoms with Crippen LogP contribution in [-0.4, -0.2) is 30.7 Å². The standard InChI is InChI=1S/C12H16N2O4S/c13-11(7-8-1-3-9(15)4-2-8)12(16)14-19(17,18)10-5-6-10/h1-4,10-11,15H,5-7,13H2,(H,14,16). The molecule has 104 valence electrons. The zero-order valence-corrected chi connectivity index (χ0v) is 11.1. The summed E-state index contributed by atoms with van der Waals surface area (Å²) in [4.78, 5) is 11.7. The van der Waals surface area contributed by atoms with Gasteiger partial charge in [0, 0.05) is 0 Å². The summed E-state index contributed by atoms with van der Waals surface area (Å²) in [6.45, 7) is 0. The molecule has 1 atom stereocenters. The Kier molecular flexibility index (Phi) is 3.77. The van der Waals surface area contributed by atoms with Gasteiger partial charge in [-0.25, -0.2) is 8.42 Å². The average molecular weight is 284 g/mol. The third kappa shape index (κ3) is 3.68. The molecule has 4 N–H and O–H groups in total. The van der Waals surface area contributed by atoms with Gasteiger partial charge < -0.3 is 10.8 Å². The van der Waals surface area contributed by atoms with E-state index in [-0.39, 0.29) is 12.2 Å². The number of benzene rings is 1. The number of hydrogen-bond donors (Lipinski definition) is 3. The fourth-order valence-electron chi connectivity index (χ4n) is 1.66. The molecule has 1 aromatic carbocycles. The lowest BCUT2D eigenvalue weighted by Crippen LogP contribution is -2.45. The maximum Gasteiger partial charge on any atom is 0.250 e. The van der Waals surface area contributed by atoms with E-state index in [4.69, 9.17) is 10.8 Å². The minimum absolute atomic E-state index is 0.123. The summed E-state index contributed by atoms with van der Waals surface area (Å²) in [5.41, 5.74) is 6.43. The number of carbonyl (C=O) groups excluding carboxylic acids is 1. The predicted octanol–water partition coefficient (Wildman–Crippen LogP) is -0.130. The first kappa shape index (κ1) is 13.8. The lowest BCUT2D eigenvalue weighted by Gasteiger charge is -2.12. The number of nitrogens with one attached hydrogen (secondary N) is 1. The molecule has 1 aliphatic carbocycles. The van der Waals surface area contributed by atoms with Gasteiger partial charge in [0.25, 0.3) is 5.91 Å². The van der Waals surface area contributed by atoms with E-state index in [2.05, 4.69) is 0 Å². The van der Waals surface area contributed by atoms with Gasteiger partial charge in [0.1, 0.15) is 5.75 Å². The molecular weight excluding hydrogens is 268 g/mol. The molecule has 1 aliphatic rings. The van der Waals surface area contributed by atoms with Crippen LogP contribution in [0.15, 0.2) is 24.3 Å². The summed E-state index contributed by atoms with van der Waals surface area (Å²) in [5.74, 6) is -0.571. The normalized spacial score (nSPS) is 16.9. The number of amides is 1. The number of carbonyl (C=O) groups is 1. The highest BCUT2D eigenvalue weighted by molar-refractivity contribution is 7.90. The van der Waals surface area contributed by atoms with Gasteiger partial charge in [-0.1, -0.05) is 12.1 Å². The van der Waals surface area contributed by atoms with Crippen LogP contribution in [0.1, 0.15) is 18.4 Å². The average Bonchev–Trinajstić information content (AvgIpc) is 3.15. The molecule has 1 unspecified atom stereocenters. The van der Waals surface area contributed by atoms with E-state index >= 15 is 0 Å². The SMILES string of the molecule is NC(Cc1ccc(O)cc1)C(=O)NS(=O)(=O)C1CC1. The van der Waals surface area contributed by atoms with E-state index in [1.165, 1.54) is 12.1 Å². The fourth-order valence-corrected chi connectivity index (χ4v) is 3.01.